The van der Waals surface area contributed by atoms with Crippen LogP contribution in [0.1, 0.15) is 28.7 Å². The molecule has 2 N–H and O–H groups in total. The minimum atomic E-state index is -1.14. The molecule has 4 aromatic rings. The summed E-state index contributed by atoms with van der Waals surface area (Å²) in [5.74, 6) is -2.05. The van der Waals surface area contributed by atoms with Gasteiger partial charge in [-0.3, -0.25) is 14.5 Å². The Morgan fingerprint density at radius 3 is 2.65 bits per heavy atom. The van der Waals surface area contributed by atoms with E-state index in [9.17, 15) is 19.1 Å². The van der Waals surface area contributed by atoms with Crippen molar-refractivity contribution < 1.29 is 28.2 Å². The third-order valence-electron chi connectivity index (χ3n) is 5.74. The second kappa shape index (κ2) is 7.87. The topological polar surface area (TPSA) is 109 Å². The monoisotopic (exact) mass is 461 g/mol. The van der Waals surface area contributed by atoms with Gasteiger partial charge in [0.15, 0.2) is 0 Å². The third kappa shape index (κ3) is 3.33. The first kappa shape index (κ1) is 21.4. The van der Waals surface area contributed by atoms with Crippen LogP contribution in [0.3, 0.4) is 0 Å². The van der Waals surface area contributed by atoms with Crippen molar-refractivity contribution in [1.82, 2.24) is 9.97 Å². The van der Waals surface area contributed by atoms with Gasteiger partial charge in [-0.25, -0.2) is 9.37 Å². The number of ketones is 1. The number of imidazole rings is 1. The summed E-state index contributed by atoms with van der Waals surface area (Å²) in [6.45, 7) is 3.64. The van der Waals surface area contributed by atoms with Crippen LogP contribution in [0.5, 0.6) is 5.75 Å². The Morgan fingerprint density at radius 1 is 1.15 bits per heavy atom. The molecule has 0 aliphatic carbocycles. The van der Waals surface area contributed by atoms with Crippen LogP contribution in [-0.2, 0) is 9.59 Å². The molecule has 0 radical (unpaired) electrons. The number of carbonyl (C=O) groups excluding carboxylic acids is 2. The number of H-pyrrole nitrogens is 1. The molecule has 1 unspecified atom stereocenters. The Morgan fingerprint density at radius 2 is 1.94 bits per heavy atom. The molecule has 5 rings (SSSR count). The Balaban J connectivity index is 1.75. The molecule has 1 atom stereocenters. The second-order valence-corrected chi connectivity index (χ2v) is 8.04. The van der Waals surface area contributed by atoms with E-state index in [2.05, 4.69) is 9.97 Å². The molecule has 0 spiro atoms. The number of halogens is 1. The summed E-state index contributed by atoms with van der Waals surface area (Å²) < 4.78 is 25.0. The molecule has 2 aromatic heterocycles. The number of fused-ring (bicyclic) bond motifs is 1. The van der Waals surface area contributed by atoms with Gasteiger partial charge in [-0.1, -0.05) is 6.07 Å². The summed E-state index contributed by atoms with van der Waals surface area (Å²) in [4.78, 5) is 35.2. The third-order valence-corrected chi connectivity index (χ3v) is 5.74. The van der Waals surface area contributed by atoms with Crippen molar-refractivity contribution >= 4 is 34.4 Å². The van der Waals surface area contributed by atoms with Crippen LogP contribution in [0.4, 0.5) is 10.3 Å². The Labute approximate surface area is 193 Å². The highest BCUT2D eigenvalue weighted by atomic mass is 19.1. The fraction of sp³-hybridized carbons (Fsp3) is 0.160. The van der Waals surface area contributed by atoms with Crippen molar-refractivity contribution in [1.29, 1.82) is 0 Å². The van der Waals surface area contributed by atoms with E-state index in [1.807, 2.05) is 19.1 Å². The molecular formula is C25H20FN3O5. The molecule has 1 saturated heterocycles. The van der Waals surface area contributed by atoms with Crippen LogP contribution < -0.4 is 9.64 Å². The first-order valence-electron chi connectivity index (χ1n) is 10.5. The highest BCUT2D eigenvalue weighted by Crippen LogP contribution is 2.43. The van der Waals surface area contributed by atoms with E-state index in [0.29, 0.717) is 16.8 Å². The number of rotatable bonds is 4. The molecule has 9 heteroatoms. The lowest BCUT2D eigenvalue weighted by Crippen LogP contribution is -2.30. The number of nitrogens with one attached hydrogen (secondary N) is 1. The quantitative estimate of drug-likeness (QED) is 0.262. The number of aryl methyl sites for hydroxylation is 2. The summed E-state index contributed by atoms with van der Waals surface area (Å²) in [5, 5.41) is 11.2. The van der Waals surface area contributed by atoms with Crippen molar-refractivity contribution in [2.45, 2.75) is 19.9 Å². The highest BCUT2D eigenvalue weighted by Gasteiger charge is 2.50. The molecule has 172 valence electrons. The van der Waals surface area contributed by atoms with E-state index < -0.39 is 29.3 Å². The lowest BCUT2D eigenvalue weighted by Gasteiger charge is -2.21. The summed E-state index contributed by atoms with van der Waals surface area (Å²) in [6, 6.07) is 11.2. The van der Waals surface area contributed by atoms with Crippen molar-refractivity contribution in [3.63, 3.8) is 0 Å². The number of hydrogen-bond donors (Lipinski definition) is 2. The first-order valence-corrected chi connectivity index (χ1v) is 10.5. The minimum Gasteiger partial charge on any atom is -0.507 e. The van der Waals surface area contributed by atoms with Gasteiger partial charge in [0.05, 0.1) is 29.3 Å². The van der Waals surface area contributed by atoms with Crippen molar-refractivity contribution in [2.75, 3.05) is 12.0 Å². The second-order valence-electron chi connectivity index (χ2n) is 8.04. The number of carbonyl (C=O) groups is 2. The van der Waals surface area contributed by atoms with E-state index in [0.717, 1.165) is 22.6 Å². The first-order chi connectivity index (χ1) is 16.3. The molecule has 34 heavy (non-hydrogen) atoms. The van der Waals surface area contributed by atoms with Gasteiger partial charge in [0, 0.05) is 0 Å². The maximum absolute atomic E-state index is 14.0. The zero-order valence-corrected chi connectivity index (χ0v) is 18.5. The van der Waals surface area contributed by atoms with E-state index in [-0.39, 0.29) is 28.6 Å². The lowest BCUT2D eigenvalue weighted by molar-refractivity contribution is -0.132. The SMILES string of the molecule is COc1ccc(F)cc1/C(O)=C1\C(=O)C(=O)N(c2nc3ccc(C)cc3[nH]2)C1c1ccc(C)o1. The predicted octanol–water partition coefficient (Wildman–Crippen LogP) is 4.55. The number of furan rings is 1. The van der Waals surface area contributed by atoms with E-state index in [4.69, 9.17) is 9.15 Å². The summed E-state index contributed by atoms with van der Waals surface area (Å²) >= 11 is 0. The van der Waals surface area contributed by atoms with Crippen molar-refractivity contribution in [2.24, 2.45) is 0 Å². The van der Waals surface area contributed by atoms with Crippen LogP contribution in [-0.4, -0.2) is 33.9 Å². The molecule has 2 aromatic carbocycles. The number of anilines is 1. The fourth-order valence-corrected chi connectivity index (χ4v) is 4.15. The van der Waals surface area contributed by atoms with Crippen molar-refractivity contribution in [3.8, 4) is 5.75 Å². The number of hydrogen-bond acceptors (Lipinski definition) is 6. The van der Waals surface area contributed by atoms with Gasteiger partial charge in [0.25, 0.3) is 5.78 Å². The zero-order chi connectivity index (χ0) is 24.1. The van der Waals surface area contributed by atoms with E-state index >= 15 is 0 Å². The van der Waals surface area contributed by atoms with E-state index in [1.54, 1.807) is 25.1 Å². The van der Waals surface area contributed by atoms with Crippen LogP contribution in [0, 0.1) is 19.7 Å². The van der Waals surface area contributed by atoms with Gasteiger partial charge in [0.1, 0.15) is 34.9 Å². The Kier molecular flexibility index (Phi) is 4.97. The maximum atomic E-state index is 14.0. The smallest absolute Gasteiger partial charge is 0.302 e. The normalized spacial score (nSPS) is 17.6. The lowest BCUT2D eigenvalue weighted by atomic mass is 9.99. The van der Waals surface area contributed by atoms with Gasteiger partial charge in [-0.05, 0) is 61.9 Å². The number of nitrogens with zero attached hydrogens (tertiary/aromatic N) is 2. The van der Waals surface area contributed by atoms with Crippen LogP contribution in [0.15, 0.2) is 58.5 Å². The van der Waals surface area contributed by atoms with E-state index in [1.165, 1.54) is 13.2 Å². The number of aromatic nitrogens is 2. The molecule has 1 aliphatic rings. The number of benzene rings is 2. The van der Waals surface area contributed by atoms with Gasteiger partial charge in [0.2, 0.25) is 5.95 Å². The van der Waals surface area contributed by atoms with Gasteiger partial charge < -0.3 is 19.2 Å². The number of aromatic amines is 1. The average Bonchev–Trinajstić information content (AvgIpc) is 3.49. The summed E-state index contributed by atoms with van der Waals surface area (Å²) in [6.07, 6.45) is 0. The van der Waals surface area contributed by atoms with Gasteiger partial charge in [-0.2, -0.15) is 0 Å². The molecule has 0 saturated carbocycles. The molecule has 1 amide bonds. The van der Waals surface area contributed by atoms with Crippen LogP contribution in [0.25, 0.3) is 16.8 Å². The molecule has 1 fully saturated rings. The largest absolute Gasteiger partial charge is 0.507 e. The summed E-state index contributed by atoms with van der Waals surface area (Å²) in [5.41, 5.74) is 1.94. The number of aliphatic hydroxyl groups excluding tert-OH is 1. The predicted molar refractivity (Wildman–Crippen MR) is 122 cm³/mol. The molecule has 8 nitrogen and oxygen atoms in total. The maximum Gasteiger partial charge on any atom is 0.302 e. The molecule has 0 bridgehead atoms. The number of amides is 1. The molecule has 1 aliphatic heterocycles. The highest BCUT2D eigenvalue weighted by molar-refractivity contribution is 6.51. The summed E-state index contributed by atoms with van der Waals surface area (Å²) in [7, 11) is 1.35. The molecule has 3 heterocycles. The van der Waals surface area contributed by atoms with Crippen LogP contribution in [0.2, 0.25) is 0 Å². The van der Waals surface area contributed by atoms with Gasteiger partial charge in [-0.15, -0.1) is 0 Å². The van der Waals surface area contributed by atoms with Gasteiger partial charge >= 0.3 is 5.91 Å². The minimum absolute atomic E-state index is 0.0611. The van der Waals surface area contributed by atoms with Crippen LogP contribution >= 0.6 is 0 Å². The standard InChI is InChI=1S/C25H20FN3O5/c1-12-4-7-16-17(10-12)28-25(27-16)29-21(19-8-5-13(2)34-19)20(23(31)24(29)32)22(30)15-11-14(26)6-9-18(15)33-3/h4-11,21,30H,1-3H3,(H,27,28)/b22-20+. The number of Topliss-reactive ketones (excluding diaryl/α,β-unsaturated/α-hetero) is 1. The fourth-order valence-electron chi connectivity index (χ4n) is 4.15. The molecular weight excluding hydrogens is 441 g/mol. The van der Waals surface area contributed by atoms with Crippen molar-refractivity contribution in [3.05, 3.63) is 82.6 Å². The number of methoxy groups -OCH3 is 1. The Hall–Kier alpha value is -4.40. The zero-order valence-electron chi connectivity index (χ0n) is 18.5. The average molecular weight is 461 g/mol. The Bertz CT molecular complexity index is 1500. The number of ether oxygens (including phenoxy) is 1. The number of aliphatic hydroxyl groups is 1.